The standard InChI is InChI=1S/C11H15F3O5/c1-7(2)10(16)18-5-4-17-9(15)6-19-8(3)11(12,13)14/h8H,1,4-6H2,2-3H3. The Morgan fingerprint density at radius 1 is 1.21 bits per heavy atom. The van der Waals surface area contributed by atoms with E-state index in [-0.39, 0.29) is 18.8 Å². The number of alkyl halides is 3. The van der Waals surface area contributed by atoms with Crippen LogP contribution in [0, 0.1) is 0 Å². The average molecular weight is 284 g/mol. The van der Waals surface area contributed by atoms with Crippen molar-refractivity contribution in [3.8, 4) is 0 Å². The number of esters is 2. The highest BCUT2D eigenvalue weighted by atomic mass is 19.4. The van der Waals surface area contributed by atoms with Gasteiger partial charge in [-0.2, -0.15) is 13.2 Å². The van der Waals surface area contributed by atoms with Crippen molar-refractivity contribution in [2.24, 2.45) is 0 Å². The van der Waals surface area contributed by atoms with Crippen LogP contribution in [-0.4, -0.2) is 44.0 Å². The van der Waals surface area contributed by atoms with Crippen molar-refractivity contribution >= 4 is 11.9 Å². The molecule has 0 aliphatic carbocycles. The van der Waals surface area contributed by atoms with Gasteiger partial charge in [-0.25, -0.2) is 9.59 Å². The topological polar surface area (TPSA) is 61.8 Å². The van der Waals surface area contributed by atoms with Crippen LogP contribution in [0.25, 0.3) is 0 Å². The van der Waals surface area contributed by atoms with Crippen LogP contribution in [0.4, 0.5) is 13.2 Å². The van der Waals surface area contributed by atoms with Crippen molar-refractivity contribution < 1.29 is 37.0 Å². The van der Waals surface area contributed by atoms with E-state index < -0.39 is 30.8 Å². The van der Waals surface area contributed by atoms with E-state index in [0.717, 1.165) is 6.92 Å². The van der Waals surface area contributed by atoms with Crippen LogP contribution in [0.1, 0.15) is 13.8 Å². The maximum Gasteiger partial charge on any atom is 0.414 e. The van der Waals surface area contributed by atoms with Gasteiger partial charge in [0.1, 0.15) is 19.8 Å². The van der Waals surface area contributed by atoms with E-state index in [4.69, 9.17) is 0 Å². The summed E-state index contributed by atoms with van der Waals surface area (Å²) in [6, 6.07) is 0. The molecule has 0 aliphatic heterocycles. The Kier molecular flexibility index (Phi) is 7.13. The van der Waals surface area contributed by atoms with Crippen molar-refractivity contribution in [1.29, 1.82) is 0 Å². The fraction of sp³-hybridized carbons (Fsp3) is 0.636. The number of carbonyl (C=O) groups is 2. The lowest BCUT2D eigenvalue weighted by Gasteiger charge is -2.15. The number of ether oxygens (including phenoxy) is 3. The molecule has 0 aromatic heterocycles. The molecule has 5 nitrogen and oxygen atoms in total. The molecule has 0 fully saturated rings. The molecule has 0 saturated carbocycles. The first-order chi connectivity index (χ1) is 8.64. The first-order valence-electron chi connectivity index (χ1n) is 5.31. The van der Waals surface area contributed by atoms with Gasteiger partial charge in [0, 0.05) is 5.57 Å². The van der Waals surface area contributed by atoms with Crippen LogP contribution >= 0.6 is 0 Å². The Balaban J connectivity index is 3.72. The van der Waals surface area contributed by atoms with Crippen LogP contribution in [0.15, 0.2) is 12.2 Å². The Labute approximate surface area is 108 Å². The van der Waals surface area contributed by atoms with Crippen molar-refractivity contribution in [2.75, 3.05) is 19.8 Å². The maximum absolute atomic E-state index is 12.0. The lowest BCUT2D eigenvalue weighted by molar-refractivity contribution is -0.216. The minimum absolute atomic E-state index is 0.189. The van der Waals surface area contributed by atoms with Gasteiger partial charge in [0.05, 0.1) is 0 Å². The molecule has 0 N–H and O–H groups in total. The molecule has 8 heteroatoms. The Morgan fingerprint density at radius 3 is 2.21 bits per heavy atom. The zero-order valence-corrected chi connectivity index (χ0v) is 10.6. The monoisotopic (exact) mass is 284 g/mol. The third-order valence-corrected chi connectivity index (χ3v) is 1.84. The Bertz CT molecular complexity index is 338. The van der Waals surface area contributed by atoms with Crippen LogP contribution in [0.2, 0.25) is 0 Å². The summed E-state index contributed by atoms with van der Waals surface area (Å²) in [5.41, 5.74) is 0.189. The number of halogens is 3. The smallest absolute Gasteiger partial charge is 0.414 e. The van der Waals surface area contributed by atoms with Gasteiger partial charge in [0.2, 0.25) is 0 Å². The number of carbonyl (C=O) groups excluding carboxylic acids is 2. The molecule has 0 rings (SSSR count). The molecule has 0 aromatic carbocycles. The minimum atomic E-state index is -4.53. The summed E-state index contributed by atoms with van der Waals surface area (Å²) in [5, 5.41) is 0. The second-order valence-electron chi connectivity index (χ2n) is 3.63. The van der Waals surface area contributed by atoms with Crippen LogP contribution in [-0.2, 0) is 23.8 Å². The van der Waals surface area contributed by atoms with Crippen molar-refractivity contribution in [1.82, 2.24) is 0 Å². The summed E-state index contributed by atoms with van der Waals surface area (Å²) in [6.45, 7) is 4.27. The van der Waals surface area contributed by atoms with E-state index in [1.54, 1.807) is 0 Å². The third kappa shape index (κ3) is 8.20. The van der Waals surface area contributed by atoms with Crippen LogP contribution in [0.5, 0.6) is 0 Å². The quantitative estimate of drug-likeness (QED) is 0.404. The molecular formula is C11H15F3O5. The molecule has 1 unspecified atom stereocenters. The molecule has 0 aliphatic rings. The summed E-state index contributed by atoms with van der Waals surface area (Å²) in [7, 11) is 0. The number of hydrogen-bond acceptors (Lipinski definition) is 5. The fourth-order valence-electron chi connectivity index (χ4n) is 0.742. The Hall–Kier alpha value is -1.57. The molecule has 0 aromatic rings. The van der Waals surface area contributed by atoms with Gasteiger partial charge in [0.15, 0.2) is 6.10 Å². The van der Waals surface area contributed by atoms with Gasteiger partial charge in [-0.15, -0.1) is 0 Å². The molecule has 0 radical (unpaired) electrons. The molecule has 0 saturated heterocycles. The van der Waals surface area contributed by atoms with E-state index in [1.165, 1.54) is 6.92 Å². The molecule has 0 spiro atoms. The second-order valence-corrected chi connectivity index (χ2v) is 3.63. The van der Waals surface area contributed by atoms with Crippen molar-refractivity contribution in [2.45, 2.75) is 26.1 Å². The van der Waals surface area contributed by atoms with E-state index in [0.29, 0.717) is 0 Å². The lowest BCUT2D eigenvalue weighted by Crippen LogP contribution is -2.31. The third-order valence-electron chi connectivity index (χ3n) is 1.84. The largest absolute Gasteiger partial charge is 0.460 e. The van der Waals surface area contributed by atoms with Gasteiger partial charge in [0.25, 0.3) is 0 Å². The van der Waals surface area contributed by atoms with Gasteiger partial charge in [-0.1, -0.05) is 6.58 Å². The summed E-state index contributed by atoms with van der Waals surface area (Å²) < 4.78 is 49.4. The summed E-state index contributed by atoms with van der Waals surface area (Å²) in [4.78, 5) is 21.9. The van der Waals surface area contributed by atoms with Crippen LogP contribution < -0.4 is 0 Å². The van der Waals surface area contributed by atoms with Gasteiger partial charge in [-0.3, -0.25) is 0 Å². The number of hydrogen-bond donors (Lipinski definition) is 0. The van der Waals surface area contributed by atoms with E-state index in [1.807, 2.05) is 0 Å². The maximum atomic E-state index is 12.0. The van der Waals surface area contributed by atoms with E-state index in [2.05, 4.69) is 20.8 Å². The summed E-state index contributed by atoms with van der Waals surface area (Å²) in [6.07, 6.45) is -6.58. The van der Waals surface area contributed by atoms with E-state index in [9.17, 15) is 22.8 Å². The minimum Gasteiger partial charge on any atom is -0.460 e. The fourth-order valence-corrected chi connectivity index (χ4v) is 0.742. The molecule has 19 heavy (non-hydrogen) atoms. The van der Waals surface area contributed by atoms with Gasteiger partial charge >= 0.3 is 18.1 Å². The molecular weight excluding hydrogens is 269 g/mol. The zero-order valence-electron chi connectivity index (χ0n) is 10.6. The highest BCUT2D eigenvalue weighted by molar-refractivity contribution is 5.86. The predicted molar refractivity (Wildman–Crippen MR) is 58.2 cm³/mol. The summed E-state index contributed by atoms with van der Waals surface area (Å²) in [5.74, 6) is -1.61. The van der Waals surface area contributed by atoms with Crippen molar-refractivity contribution in [3.05, 3.63) is 12.2 Å². The Morgan fingerprint density at radius 2 is 1.74 bits per heavy atom. The summed E-state index contributed by atoms with van der Waals surface area (Å²) >= 11 is 0. The lowest BCUT2D eigenvalue weighted by atomic mass is 10.4. The zero-order chi connectivity index (χ0) is 15.1. The van der Waals surface area contributed by atoms with Crippen LogP contribution in [0.3, 0.4) is 0 Å². The second kappa shape index (κ2) is 7.78. The molecule has 1 atom stereocenters. The number of rotatable bonds is 7. The SMILES string of the molecule is C=C(C)C(=O)OCCOC(=O)COC(C)C(F)(F)F. The molecule has 110 valence electrons. The molecule has 0 heterocycles. The van der Waals surface area contributed by atoms with Crippen molar-refractivity contribution in [3.63, 3.8) is 0 Å². The predicted octanol–water partition coefficient (Wildman–Crippen LogP) is 1.62. The van der Waals surface area contributed by atoms with Gasteiger partial charge in [-0.05, 0) is 13.8 Å². The highest BCUT2D eigenvalue weighted by Crippen LogP contribution is 2.22. The molecule has 0 bridgehead atoms. The first-order valence-corrected chi connectivity index (χ1v) is 5.31. The highest BCUT2D eigenvalue weighted by Gasteiger charge is 2.37. The van der Waals surface area contributed by atoms with E-state index >= 15 is 0 Å². The van der Waals surface area contributed by atoms with Gasteiger partial charge < -0.3 is 14.2 Å². The normalized spacial score (nSPS) is 12.7. The molecule has 0 amide bonds. The average Bonchev–Trinajstić information content (AvgIpc) is 2.29. The first kappa shape index (κ1) is 17.4.